The lowest BCUT2D eigenvalue weighted by Crippen LogP contribution is -2.56. The molecule has 10 rings (SSSR count). The number of fused-ring (bicyclic) bond motifs is 8. The number of carboxylic acid groups (broad SMARTS) is 1. The SMILES string of the molecule is CC1(C)OC[C@@H](COc2cc(NC(=O)N3c4nc(C(=O)O)ncc4N4CCC[C@H]3C4)ncn2)O1.C[C@@H](CC(=O)c1ncc2c(n1)N(C(=O)Nc1cc(OC[C@@H]3COC(C)(C)O3)ncn1)[C@H]1CCCN2C1)C(F)(F)F.C[C@@H](N)C(F)(F)F. The topological polar surface area (TPSA) is 310 Å². The fourth-order valence-corrected chi connectivity index (χ4v) is 9.25. The van der Waals surface area contributed by atoms with E-state index in [0.717, 1.165) is 39.7 Å². The molecule has 4 aromatic heterocycles. The summed E-state index contributed by atoms with van der Waals surface area (Å²) in [5, 5.41) is 14.8. The molecule has 0 saturated carbocycles. The van der Waals surface area contributed by atoms with Crippen LogP contribution in [0.4, 0.5) is 70.6 Å². The lowest BCUT2D eigenvalue weighted by molar-refractivity contribution is -0.168. The second kappa shape index (κ2) is 24.4. The third-order valence-electron chi connectivity index (χ3n) is 13.3. The van der Waals surface area contributed by atoms with Crippen LogP contribution in [0.1, 0.15) is 94.9 Å². The van der Waals surface area contributed by atoms with E-state index in [-0.39, 0.29) is 84.2 Å². The van der Waals surface area contributed by atoms with Crippen LogP contribution in [0.3, 0.4) is 0 Å². The van der Waals surface area contributed by atoms with Crippen LogP contribution in [0, 0.1) is 5.92 Å². The Morgan fingerprint density at radius 3 is 1.53 bits per heavy atom. The van der Waals surface area contributed by atoms with Gasteiger partial charge in [-0.25, -0.2) is 54.3 Å². The highest BCUT2D eigenvalue weighted by molar-refractivity contribution is 6.05. The summed E-state index contributed by atoms with van der Waals surface area (Å²) in [6, 6.07) is -0.183. The molecule has 0 unspecified atom stereocenters. The molecule has 4 aromatic rings. The van der Waals surface area contributed by atoms with Gasteiger partial charge in [0.1, 0.15) is 49.7 Å². The first-order valence-corrected chi connectivity index (χ1v) is 25.8. The molecule has 6 aliphatic heterocycles. The first-order valence-electron chi connectivity index (χ1n) is 25.8. The fraction of sp³-hybridized carbons (Fsp3) is 0.592. The number of ketones is 1. The van der Waals surface area contributed by atoms with Gasteiger partial charge < -0.3 is 49.1 Å². The molecule has 440 valence electrons. The normalized spacial score (nSPS) is 22.1. The summed E-state index contributed by atoms with van der Waals surface area (Å²) in [6.45, 7) is 13.0. The zero-order valence-electron chi connectivity index (χ0n) is 44.9. The van der Waals surface area contributed by atoms with Crippen molar-refractivity contribution in [3.63, 3.8) is 0 Å². The maximum absolute atomic E-state index is 13.5. The Bertz CT molecular complexity index is 2930. The maximum atomic E-state index is 13.5. The highest BCUT2D eigenvalue weighted by Gasteiger charge is 2.43. The highest BCUT2D eigenvalue weighted by atomic mass is 19.4. The Morgan fingerprint density at radius 1 is 0.704 bits per heavy atom. The molecule has 10 heterocycles. The van der Waals surface area contributed by atoms with E-state index in [1.54, 1.807) is 0 Å². The third-order valence-corrected chi connectivity index (χ3v) is 13.3. The smallest absolute Gasteiger partial charge is 0.403 e. The number of urea groups is 2. The summed E-state index contributed by atoms with van der Waals surface area (Å²) < 4.78 is 106. The van der Waals surface area contributed by atoms with E-state index in [9.17, 15) is 50.6 Å². The third kappa shape index (κ3) is 15.1. The van der Waals surface area contributed by atoms with Crippen LogP contribution in [0.2, 0.25) is 0 Å². The van der Waals surface area contributed by atoms with Gasteiger partial charge in [-0.2, -0.15) is 26.3 Å². The van der Waals surface area contributed by atoms with Gasteiger partial charge in [-0.05, 0) is 60.3 Å². The number of anilines is 6. The standard InChI is InChI=1S/C25H30F3N7O5.C21H25N7O6.C3H6F3N/c1-14(25(26,27)28)7-18(36)21-29-9-17-22(33-21)35(15-5-4-6-34(17)10-15)23(37)32-19-8-20(31-13-30-19)38-11-16-12-39-24(2,3)40-16;1-21(2)33-10-13(34-21)9-32-16-6-15(23-11-24-16)25-20(31)28-12-4-3-5-27(8-12)14-7-22-17(19(29)30)26-18(14)28;1-2(7)3(4,5)6/h8-9,13-16H,4-7,10-12H2,1-3H3,(H,30,31,32,37);6-7,11-13H,3-5,8-10H2,1-2H3,(H,29,30)(H,23,24,25,31);2H,7H2,1H3/t14-,15-,16+;12-,13+;2-/m001/s1. The predicted octanol–water partition coefficient (Wildman–Crippen LogP) is 6.00. The summed E-state index contributed by atoms with van der Waals surface area (Å²) in [5.74, 6) is -4.69. The molecule has 0 aromatic carbocycles. The zero-order valence-corrected chi connectivity index (χ0v) is 44.9. The summed E-state index contributed by atoms with van der Waals surface area (Å²) >= 11 is 0. The fourth-order valence-electron chi connectivity index (χ4n) is 9.25. The van der Waals surface area contributed by atoms with Gasteiger partial charge in [-0.1, -0.05) is 6.92 Å². The minimum Gasteiger partial charge on any atom is -0.475 e. The quantitative estimate of drug-likeness (QED) is 0.0933. The first-order chi connectivity index (χ1) is 38.1. The van der Waals surface area contributed by atoms with Gasteiger partial charge >= 0.3 is 30.4 Å². The van der Waals surface area contributed by atoms with E-state index in [0.29, 0.717) is 50.6 Å². The Morgan fingerprint density at radius 2 is 1.14 bits per heavy atom. The largest absolute Gasteiger partial charge is 0.475 e. The van der Waals surface area contributed by atoms with Crippen LogP contribution in [0.25, 0.3) is 0 Å². The van der Waals surface area contributed by atoms with E-state index in [2.05, 4.69) is 61.1 Å². The van der Waals surface area contributed by atoms with Gasteiger partial charge in [0.05, 0.1) is 61.0 Å². The summed E-state index contributed by atoms with van der Waals surface area (Å²) in [4.78, 5) is 90.7. The number of carbonyl (C=O) groups is 4. The van der Waals surface area contributed by atoms with Gasteiger partial charge in [0.2, 0.25) is 23.4 Å². The van der Waals surface area contributed by atoms with Crippen LogP contribution >= 0.6 is 0 Å². The van der Waals surface area contributed by atoms with Crippen LogP contribution in [-0.2, 0) is 18.9 Å². The number of aromatic nitrogens is 8. The van der Waals surface area contributed by atoms with Crippen molar-refractivity contribution in [2.24, 2.45) is 11.7 Å². The molecule has 81 heavy (non-hydrogen) atoms. The maximum Gasteiger partial charge on any atom is 0.403 e. The van der Waals surface area contributed by atoms with Gasteiger partial charge in [0.15, 0.2) is 29.0 Å². The Balaban J connectivity index is 0.000000192. The average molecular weight is 1150 g/mol. The van der Waals surface area contributed by atoms with Crippen molar-refractivity contribution in [2.45, 2.75) is 128 Å². The number of halogens is 6. The van der Waals surface area contributed by atoms with Crippen molar-refractivity contribution in [1.29, 1.82) is 0 Å². The zero-order chi connectivity index (χ0) is 58.6. The molecule has 0 spiro atoms. The van der Waals surface area contributed by atoms with Crippen LogP contribution in [-0.4, -0.2) is 176 Å². The van der Waals surface area contributed by atoms with E-state index in [1.165, 1.54) is 47.0 Å². The molecule has 6 atom stereocenters. The summed E-state index contributed by atoms with van der Waals surface area (Å²) in [7, 11) is 0. The molecule has 4 fully saturated rings. The Labute approximate surface area is 459 Å². The number of hydrogen-bond acceptors (Lipinski definition) is 21. The summed E-state index contributed by atoms with van der Waals surface area (Å²) in [6.07, 6.45) is -1.50. The molecule has 32 heteroatoms. The molecule has 4 amide bonds. The number of ether oxygens (including phenoxy) is 6. The second-order valence-electron chi connectivity index (χ2n) is 20.6. The van der Waals surface area contributed by atoms with Gasteiger partial charge in [-0.3, -0.25) is 25.2 Å². The van der Waals surface area contributed by atoms with Crippen LogP contribution in [0.5, 0.6) is 11.8 Å². The number of piperidine rings is 2. The minimum atomic E-state index is -4.52. The first kappa shape index (κ1) is 59.7. The van der Waals surface area contributed by atoms with Crippen LogP contribution < -0.4 is 45.4 Å². The molecular weight excluding hydrogens is 1090 g/mol. The molecule has 4 saturated heterocycles. The minimum absolute atomic E-state index is 0.154. The van der Waals surface area contributed by atoms with Gasteiger partial charge in [-0.15, -0.1) is 0 Å². The molecule has 0 radical (unpaired) electrons. The van der Waals surface area contributed by atoms with Crippen molar-refractivity contribution in [3.8, 4) is 11.8 Å². The molecule has 6 aliphatic rings. The molecular formula is C49H61F6N15O11. The second-order valence-corrected chi connectivity index (χ2v) is 20.6. The van der Waals surface area contributed by atoms with Crippen molar-refractivity contribution < 1.29 is 79.0 Å². The summed E-state index contributed by atoms with van der Waals surface area (Å²) in [5.41, 5.74) is 5.60. The van der Waals surface area contributed by atoms with Crippen molar-refractivity contribution >= 4 is 58.5 Å². The highest BCUT2D eigenvalue weighted by Crippen LogP contribution is 2.40. The van der Waals surface area contributed by atoms with Gasteiger partial charge in [0, 0.05) is 44.7 Å². The van der Waals surface area contributed by atoms with Gasteiger partial charge in [0.25, 0.3) is 0 Å². The number of nitrogens with two attached hydrogens (primary N) is 1. The Kier molecular flexibility index (Phi) is 17.9. The van der Waals surface area contributed by atoms with E-state index in [4.69, 9.17) is 28.4 Å². The predicted molar refractivity (Wildman–Crippen MR) is 273 cm³/mol. The number of Topliss-reactive ketones (excluding diaryl/α,β-unsaturated/α-hetero) is 1. The van der Waals surface area contributed by atoms with E-state index in [1.807, 2.05) is 32.6 Å². The molecule has 4 bridgehead atoms. The number of nitrogens with zero attached hydrogens (tertiary/aromatic N) is 12. The van der Waals surface area contributed by atoms with E-state index >= 15 is 0 Å². The number of carboxylic acids is 1. The lowest BCUT2D eigenvalue weighted by Gasteiger charge is -2.45. The monoisotopic (exact) mass is 1150 g/mol. The number of alkyl halides is 6. The van der Waals surface area contributed by atoms with Crippen molar-refractivity contribution in [1.82, 2.24) is 39.9 Å². The molecule has 0 aliphatic carbocycles. The number of nitrogens with one attached hydrogen (secondary N) is 2. The number of carbonyl (C=O) groups excluding carboxylic acids is 3. The van der Waals surface area contributed by atoms with Crippen molar-refractivity contribution in [2.75, 3.05) is 82.8 Å². The average Bonchev–Trinajstić information content (AvgIpc) is 4.05. The van der Waals surface area contributed by atoms with Crippen molar-refractivity contribution in [3.05, 3.63) is 48.8 Å². The number of rotatable bonds is 12. The Hall–Kier alpha value is -7.42. The number of hydrogen-bond donors (Lipinski definition) is 4. The van der Waals surface area contributed by atoms with E-state index < -0.39 is 66.1 Å². The lowest BCUT2D eigenvalue weighted by atomic mass is 10.00. The number of aromatic carboxylic acids is 1. The number of amides is 4. The molecule has 5 N–H and O–H groups in total. The van der Waals surface area contributed by atoms with Crippen LogP contribution in [0.15, 0.2) is 37.2 Å². The molecule has 26 nitrogen and oxygen atoms in total.